The number of pyridine rings is 1. The van der Waals surface area contributed by atoms with Gasteiger partial charge in [0, 0.05) is 43.7 Å². The molecule has 0 aliphatic rings. The minimum absolute atomic E-state index is 0.483. The lowest BCUT2D eigenvalue weighted by atomic mass is 10.1. The third kappa shape index (κ3) is 3.59. The summed E-state index contributed by atoms with van der Waals surface area (Å²) in [4.78, 5) is 17.5. The van der Waals surface area contributed by atoms with E-state index in [0.717, 1.165) is 22.6 Å². The molecule has 142 valence electrons. The molecule has 0 unspecified atom stereocenters. The molecule has 0 bridgehead atoms. The predicted molar refractivity (Wildman–Crippen MR) is 103 cm³/mol. The highest BCUT2D eigenvalue weighted by atomic mass is 16.5. The molecule has 0 radical (unpaired) electrons. The molecule has 1 N–H and O–H groups in total. The van der Waals surface area contributed by atoms with Crippen LogP contribution in [-0.2, 0) is 13.5 Å². The van der Waals surface area contributed by atoms with E-state index in [9.17, 15) is 0 Å². The molecule has 4 aromatic rings. The van der Waals surface area contributed by atoms with Gasteiger partial charge in [-0.1, -0.05) is 11.2 Å². The summed E-state index contributed by atoms with van der Waals surface area (Å²) in [5, 5.41) is 11.6. The number of hydrogen-bond donors (Lipinski definition) is 1. The number of anilines is 1. The fourth-order valence-electron chi connectivity index (χ4n) is 2.96. The van der Waals surface area contributed by atoms with E-state index in [1.54, 1.807) is 12.4 Å². The maximum absolute atomic E-state index is 5.29. The van der Waals surface area contributed by atoms with Crippen LogP contribution >= 0.6 is 0 Å². The molecule has 28 heavy (non-hydrogen) atoms. The Morgan fingerprint density at radius 2 is 1.93 bits per heavy atom. The van der Waals surface area contributed by atoms with Gasteiger partial charge in [-0.15, -0.1) is 0 Å². The normalized spacial score (nSPS) is 11.0. The molecule has 0 aromatic carbocycles. The van der Waals surface area contributed by atoms with E-state index in [1.165, 1.54) is 0 Å². The van der Waals surface area contributed by atoms with Crippen LogP contribution in [0.15, 0.2) is 41.2 Å². The summed E-state index contributed by atoms with van der Waals surface area (Å²) >= 11 is 0. The van der Waals surface area contributed by atoms with E-state index in [-0.39, 0.29) is 0 Å². The van der Waals surface area contributed by atoms with Gasteiger partial charge in [-0.3, -0.25) is 9.67 Å². The number of aromatic nitrogens is 7. The van der Waals surface area contributed by atoms with E-state index >= 15 is 0 Å². The number of aryl methyl sites for hydroxylation is 2. The van der Waals surface area contributed by atoms with Gasteiger partial charge in [-0.2, -0.15) is 10.1 Å². The first-order valence-electron chi connectivity index (χ1n) is 8.93. The lowest BCUT2D eigenvalue weighted by Gasteiger charge is -2.06. The van der Waals surface area contributed by atoms with Crippen LogP contribution in [0.5, 0.6) is 0 Å². The summed E-state index contributed by atoms with van der Waals surface area (Å²) < 4.78 is 7.15. The van der Waals surface area contributed by atoms with Gasteiger partial charge in [0.25, 0.3) is 0 Å². The lowest BCUT2D eigenvalue weighted by Crippen LogP contribution is -2.08. The fraction of sp³-hybridized carbons (Fsp3) is 0.263. The number of hydrogen-bond acceptors (Lipinski definition) is 8. The monoisotopic (exact) mass is 376 g/mol. The molecule has 0 aliphatic heterocycles. The standard InChI is InChI=1S/C19H20N8O/c1-12-17(13(2)27(3)25-12)14-7-10-21-19(23-14)22-11-8-16-24-18(26-28-16)15-6-4-5-9-20-15/h4-7,9-10H,8,11H2,1-3H3,(H,21,22,23). The van der Waals surface area contributed by atoms with Crippen LogP contribution in [-0.4, -0.2) is 41.4 Å². The highest BCUT2D eigenvalue weighted by molar-refractivity contribution is 5.65. The van der Waals surface area contributed by atoms with Crippen molar-refractivity contribution in [3.05, 3.63) is 53.9 Å². The first-order valence-corrected chi connectivity index (χ1v) is 8.93. The predicted octanol–water partition coefficient (Wildman–Crippen LogP) is 2.59. The molecule has 4 rings (SSSR count). The minimum Gasteiger partial charge on any atom is -0.354 e. The Hall–Kier alpha value is -3.62. The van der Waals surface area contributed by atoms with Crippen LogP contribution in [0.1, 0.15) is 17.3 Å². The van der Waals surface area contributed by atoms with Gasteiger partial charge < -0.3 is 9.84 Å². The van der Waals surface area contributed by atoms with E-state index in [4.69, 9.17) is 4.52 Å². The van der Waals surface area contributed by atoms with E-state index in [1.807, 2.05) is 49.8 Å². The second-order valence-electron chi connectivity index (χ2n) is 6.34. The molecule has 9 nitrogen and oxygen atoms in total. The van der Waals surface area contributed by atoms with Crippen molar-refractivity contribution >= 4 is 5.95 Å². The third-order valence-electron chi connectivity index (χ3n) is 4.40. The second kappa shape index (κ2) is 7.55. The van der Waals surface area contributed by atoms with Gasteiger partial charge in [0.15, 0.2) is 0 Å². The summed E-state index contributed by atoms with van der Waals surface area (Å²) in [7, 11) is 1.93. The Labute approximate surface area is 161 Å². The SMILES string of the molecule is Cc1nn(C)c(C)c1-c1ccnc(NCCc2nc(-c3ccccn3)no2)n1. The topological polar surface area (TPSA) is 107 Å². The van der Waals surface area contributed by atoms with Gasteiger partial charge in [0.1, 0.15) is 5.69 Å². The molecule has 0 amide bonds. The van der Waals surface area contributed by atoms with Crippen molar-refractivity contribution in [1.29, 1.82) is 0 Å². The zero-order valence-electron chi connectivity index (χ0n) is 15.9. The fourth-order valence-corrected chi connectivity index (χ4v) is 2.96. The van der Waals surface area contributed by atoms with E-state index in [2.05, 4.69) is 35.5 Å². The van der Waals surface area contributed by atoms with Gasteiger partial charge in [0.2, 0.25) is 17.7 Å². The van der Waals surface area contributed by atoms with Crippen molar-refractivity contribution in [3.63, 3.8) is 0 Å². The Morgan fingerprint density at radius 1 is 1.04 bits per heavy atom. The summed E-state index contributed by atoms with van der Waals surface area (Å²) in [6.07, 6.45) is 3.99. The van der Waals surface area contributed by atoms with Crippen LogP contribution in [0.3, 0.4) is 0 Å². The molecule has 0 spiro atoms. The van der Waals surface area contributed by atoms with E-state index in [0.29, 0.717) is 36.3 Å². The summed E-state index contributed by atoms with van der Waals surface area (Å²) in [5.74, 6) is 1.56. The first kappa shape index (κ1) is 17.8. The Morgan fingerprint density at radius 3 is 2.68 bits per heavy atom. The molecule has 4 heterocycles. The van der Waals surface area contributed by atoms with Crippen LogP contribution in [0.4, 0.5) is 5.95 Å². The molecule has 4 aromatic heterocycles. The average Bonchev–Trinajstić information content (AvgIpc) is 3.27. The van der Waals surface area contributed by atoms with Crippen LogP contribution in [0.2, 0.25) is 0 Å². The average molecular weight is 376 g/mol. The quantitative estimate of drug-likeness (QED) is 0.547. The van der Waals surface area contributed by atoms with Crippen molar-refractivity contribution in [2.75, 3.05) is 11.9 Å². The maximum Gasteiger partial charge on any atom is 0.228 e. The number of nitrogens with zero attached hydrogens (tertiary/aromatic N) is 7. The number of nitrogens with one attached hydrogen (secondary N) is 1. The van der Waals surface area contributed by atoms with Crippen molar-refractivity contribution in [2.45, 2.75) is 20.3 Å². The molecule has 0 saturated carbocycles. The van der Waals surface area contributed by atoms with Gasteiger partial charge in [0.05, 0.1) is 11.4 Å². The van der Waals surface area contributed by atoms with Crippen LogP contribution in [0.25, 0.3) is 22.8 Å². The van der Waals surface area contributed by atoms with Crippen LogP contribution in [0, 0.1) is 13.8 Å². The first-order chi connectivity index (χ1) is 13.6. The maximum atomic E-state index is 5.29. The highest BCUT2D eigenvalue weighted by Crippen LogP contribution is 2.25. The Balaban J connectivity index is 1.42. The van der Waals surface area contributed by atoms with Crippen molar-refractivity contribution in [3.8, 4) is 22.8 Å². The zero-order chi connectivity index (χ0) is 19.5. The molecule has 0 atom stereocenters. The molecule has 0 saturated heterocycles. The van der Waals surface area contributed by atoms with Gasteiger partial charge in [-0.25, -0.2) is 9.97 Å². The molecule has 0 fully saturated rings. The van der Waals surface area contributed by atoms with Gasteiger partial charge >= 0.3 is 0 Å². The Bertz CT molecular complexity index is 1090. The van der Waals surface area contributed by atoms with Crippen LogP contribution < -0.4 is 5.32 Å². The highest BCUT2D eigenvalue weighted by Gasteiger charge is 2.14. The van der Waals surface area contributed by atoms with Gasteiger partial charge in [-0.05, 0) is 32.0 Å². The molecule has 9 heteroatoms. The molecular formula is C19H20N8O. The second-order valence-corrected chi connectivity index (χ2v) is 6.34. The number of rotatable bonds is 6. The molecular weight excluding hydrogens is 356 g/mol. The van der Waals surface area contributed by atoms with Crippen molar-refractivity contribution in [2.24, 2.45) is 7.05 Å². The lowest BCUT2D eigenvalue weighted by molar-refractivity contribution is 0.381. The Kier molecular flexibility index (Phi) is 4.79. The zero-order valence-corrected chi connectivity index (χ0v) is 15.9. The van der Waals surface area contributed by atoms with Crippen molar-refractivity contribution in [1.82, 2.24) is 34.9 Å². The molecule has 0 aliphatic carbocycles. The largest absolute Gasteiger partial charge is 0.354 e. The summed E-state index contributed by atoms with van der Waals surface area (Å²) in [6.45, 7) is 4.57. The van der Waals surface area contributed by atoms with E-state index < -0.39 is 0 Å². The summed E-state index contributed by atoms with van der Waals surface area (Å²) in [6, 6.07) is 7.46. The minimum atomic E-state index is 0.483. The third-order valence-corrected chi connectivity index (χ3v) is 4.40. The smallest absolute Gasteiger partial charge is 0.228 e. The van der Waals surface area contributed by atoms with Crippen molar-refractivity contribution < 1.29 is 4.52 Å². The summed E-state index contributed by atoms with van der Waals surface area (Å²) in [5.41, 5.74) is 4.57.